The van der Waals surface area contributed by atoms with Gasteiger partial charge in [-0.15, -0.1) is 0 Å². The molecule has 1 atom stereocenters. The van der Waals surface area contributed by atoms with Gasteiger partial charge in [0.1, 0.15) is 0 Å². The van der Waals surface area contributed by atoms with Crippen LogP contribution in [0.15, 0.2) is 97.1 Å². The first-order valence-corrected chi connectivity index (χ1v) is 13.8. The molecule has 1 unspecified atom stereocenters. The van der Waals surface area contributed by atoms with Crippen LogP contribution in [0.3, 0.4) is 0 Å². The van der Waals surface area contributed by atoms with Gasteiger partial charge >= 0.3 is 0 Å². The molecular formula is C35H34N2O3. The molecule has 40 heavy (non-hydrogen) atoms. The Kier molecular flexibility index (Phi) is 7.39. The van der Waals surface area contributed by atoms with E-state index in [-0.39, 0.29) is 11.9 Å². The van der Waals surface area contributed by atoms with Crippen molar-refractivity contribution in [2.45, 2.75) is 25.4 Å². The number of benzene rings is 5. The molecule has 202 valence electrons. The van der Waals surface area contributed by atoms with E-state index in [0.29, 0.717) is 18.8 Å². The number of ether oxygens (including phenoxy) is 2. The molecule has 5 nitrogen and oxygen atoms in total. The zero-order chi connectivity index (χ0) is 27.5. The second-order valence-electron chi connectivity index (χ2n) is 10.4. The first-order valence-electron chi connectivity index (χ1n) is 13.8. The van der Waals surface area contributed by atoms with E-state index >= 15 is 0 Å². The van der Waals surface area contributed by atoms with E-state index in [1.54, 1.807) is 14.2 Å². The molecule has 0 bridgehead atoms. The SMILES string of the molecule is COc1cc2c(cc1OC)C(Cc1ccc3ccccc3c1)N(CC(=O)NCc1cccc3ccccc13)CC2. The lowest BCUT2D eigenvalue weighted by Gasteiger charge is -2.37. The first kappa shape index (κ1) is 25.9. The maximum absolute atomic E-state index is 13.3. The van der Waals surface area contributed by atoms with Crippen LogP contribution in [0.5, 0.6) is 11.5 Å². The molecule has 5 aromatic rings. The fourth-order valence-corrected chi connectivity index (χ4v) is 5.98. The van der Waals surface area contributed by atoms with Crippen molar-refractivity contribution in [1.82, 2.24) is 10.2 Å². The predicted molar refractivity (Wildman–Crippen MR) is 161 cm³/mol. The molecule has 0 aliphatic carbocycles. The molecule has 1 N–H and O–H groups in total. The van der Waals surface area contributed by atoms with Crippen molar-refractivity contribution >= 4 is 27.5 Å². The van der Waals surface area contributed by atoms with Crippen LogP contribution < -0.4 is 14.8 Å². The Labute approximate surface area is 235 Å². The van der Waals surface area contributed by atoms with E-state index in [2.05, 4.69) is 89.1 Å². The van der Waals surface area contributed by atoms with E-state index in [4.69, 9.17) is 9.47 Å². The number of carbonyl (C=O) groups is 1. The van der Waals surface area contributed by atoms with Crippen LogP contribution in [0.25, 0.3) is 21.5 Å². The molecular weight excluding hydrogens is 496 g/mol. The van der Waals surface area contributed by atoms with Gasteiger partial charge in [0.15, 0.2) is 11.5 Å². The van der Waals surface area contributed by atoms with E-state index in [1.807, 2.05) is 18.2 Å². The highest BCUT2D eigenvalue weighted by Gasteiger charge is 2.30. The molecule has 1 aliphatic heterocycles. The Morgan fingerprint density at radius 3 is 2.38 bits per heavy atom. The summed E-state index contributed by atoms with van der Waals surface area (Å²) in [6.07, 6.45) is 1.64. The van der Waals surface area contributed by atoms with E-state index in [0.717, 1.165) is 30.7 Å². The average Bonchev–Trinajstić information content (AvgIpc) is 3.00. The van der Waals surface area contributed by atoms with Crippen molar-refractivity contribution in [3.8, 4) is 11.5 Å². The van der Waals surface area contributed by atoms with Crippen LogP contribution in [0.2, 0.25) is 0 Å². The molecule has 1 amide bonds. The first-order chi connectivity index (χ1) is 19.6. The number of methoxy groups -OCH3 is 2. The molecule has 1 aliphatic rings. The lowest BCUT2D eigenvalue weighted by atomic mass is 9.87. The highest BCUT2D eigenvalue weighted by Crippen LogP contribution is 2.39. The summed E-state index contributed by atoms with van der Waals surface area (Å²) in [5.74, 6) is 1.49. The number of rotatable bonds is 8. The van der Waals surface area contributed by atoms with Crippen LogP contribution in [0, 0.1) is 0 Å². The van der Waals surface area contributed by atoms with Gasteiger partial charge < -0.3 is 14.8 Å². The molecule has 0 aromatic heterocycles. The number of fused-ring (bicyclic) bond motifs is 3. The average molecular weight is 531 g/mol. The number of hydrogen-bond donors (Lipinski definition) is 1. The smallest absolute Gasteiger partial charge is 0.234 e. The van der Waals surface area contributed by atoms with Crippen molar-refractivity contribution in [2.24, 2.45) is 0 Å². The van der Waals surface area contributed by atoms with Crippen LogP contribution in [0.1, 0.15) is 28.3 Å². The number of nitrogens with one attached hydrogen (secondary N) is 1. The normalized spacial score (nSPS) is 15.1. The minimum Gasteiger partial charge on any atom is -0.493 e. The van der Waals surface area contributed by atoms with Gasteiger partial charge in [-0.1, -0.05) is 84.9 Å². The zero-order valence-corrected chi connectivity index (χ0v) is 23.0. The lowest BCUT2D eigenvalue weighted by molar-refractivity contribution is -0.123. The molecule has 5 aromatic carbocycles. The fourth-order valence-electron chi connectivity index (χ4n) is 5.98. The molecule has 0 fully saturated rings. The third-order valence-electron chi connectivity index (χ3n) is 8.06. The summed E-state index contributed by atoms with van der Waals surface area (Å²) in [6, 6.07) is 33.9. The summed E-state index contributed by atoms with van der Waals surface area (Å²) in [6.45, 7) is 1.63. The molecule has 1 heterocycles. The van der Waals surface area contributed by atoms with Gasteiger partial charge in [0, 0.05) is 19.1 Å². The Bertz CT molecular complexity index is 1670. The number of nitrogens with zero attached hydrogens (tertiary/aromatic N) is 1. The van der Waals surface area contributed by atoms with Crippen molar-refractivity contribution in [3.63, 3.8) is 0 Å². The van der Waals surface area contributed by atoms with Crippen LogP contribution in [0.4, 0.5) is 0 Å². The monoisotopic (exact) mass is 530 g/mol. The fraction of sp³-hybridized carbons (Fsp3) is 0.229. The van der Waals surface area contributed by atoms with Crippen molar-refractivity contribution in [1.29, 1.82) is 0 Å². The maximum Gasteiger partial charge on any atom is 0.234 e. The predicted octanol–water partition coefficient (Wildman–Crippen LogP) is 6.47. The molecule has 0 radical (unpaired) electrons. The third kappa shape index (κ3) is 5.25. The largest absolute Gasteiger partial charge is 0.493 e. The summed E-state index contributed by atoms with van der Waals surface area (Å²) >= 11 is 0. The molecule has 6 rings (SSSR count). The summed E-state index contributed by atoms with van der Waals surface area (Å²) in [5.41, 5.74) is 4.81. The van der Waals surface area contributed by atoms with Gasteiger partial charge in [0.2, 0.25) is 5.91 Å². The second kappa shape index (κ2) is 11.4. The number of hydrogen-bond acceptors (Lipinski definition) is 4. The van der Waals surface area contributed by atoms with Gasteiger partial charge in [0.25, 0.3) is 0 Å². The highest BCUT2D eigenvalue weighted by atomic mass is 16.5. The van der Waals surface area contributed by atoms with Crippen LogP contribution in [-0.4, -0.2) is 38.1 Å². The Balaban J connectivity index is 1.26. The van der Waals surface area contributed by atoms with Gasteiger partial charge in [-0.05, 0) is 68.8 Å². The lowest BCUT2D eigenvalue weighted by Crippen LogP contribution is -2.43. The van der Waals surface area contributed by atoms with Gasteiger partial charge in [-0.2, -0.15) is 0 Å². The second-order valence-corrected chi connectivity index (χ2v) is 10.4. The van der Waals surface area contributed by atoms with E-state index in [1.165, 1.54) is 38.2 Å². The molecule has 0 spiro atoms. The number of amides is 1. The van der Waals surface area contributed by atoms with Gasteiger partial charge in [-0.3, -0.25) is 9.69 Å². The van der Waals surface area contributed by atoms with Crippen molar-refractivity contribution in [3.05, 3.63) is 119 Å². The van der Waals surface area contributed by atoms with Crippen LogP contribution >= 0.6 is 0 Å². The molecule has 0 saturated carbocycles. The highest BCUT2D eigenvalue weighted by molar-refractivity contribution is 5.86. The Morgan fingerprint density at radius 1 is 0.825 bits per heavy atom. The van der Waals surface area contributed by atoms with Crippen molar-refractivity contribution in [2.75, 3.05) is 27.3 Å². The zero-order valence-electron chi connectivity index (χ0n) is 23.0. The quantitative estimate of drug-likeness (QED) is 0.250. The third-order valence-corrected chi connectivity index (χ3v) is 8.06. The Morgan fingerprint density at radius 2 is 1.55 bits per heavy atom. The van der Waals surface area contributed by atoms with E-state index in [9.17, 15) is 4.79 Å². The molecule has 0 saturated heterocycles. The van der Waals surface area contributed by atoms with Crippen molar-refractivity contribution < 1.29 is 14.3 Å². The summed E-state index contributed by atoms with van der Waals surface area (Å²) in [4.78, 5) is 15.6. The standard InChI is InChI=1S/C35H34N2O3/c1-39-33-20-28-16-17-37(23-35(38)36-22-29-12-7-11-26-9-5-6-13-30(26)29)32(31(28)21-34(33)40-2)19-24-14-15-25-8-3-4-10-27(25)18-24/h3-15,18,20-21,32H,16-17,19,22-23H2,1-2H3,(H,36,38). The summed E-state index contributed by atoms with van der Waals surface area (Å²) in [5, 5.41) is 8.00. The molecule has 5 heteroatoms. The van der Waals surface area contributed by atoms with Gasteiger partial charge in [0.05, 0.1) is 20.8 Å². The summed E-state index contributed by atoms with van der Waals surface area (Å²) < 4.78 is 11.3. The Hall–Kier alpha value is -4.35. The van der Waals surface area contributed by atoms with Crippen LogP contribution in [-0.2, 0) is 24.2 Å². The maximum atomic E-state index is 13.3. The van der Waals surface area contributed by atoms with Gasteiger partial charge in [-0.25, -0.2) is 0 Å². The minimum atomic E-state index is 0.0281. The summed E-state index contributed by atoms with van der Waals surface area (Å²) in [7, 11) is 3.34. The van der Waals surface area contributed by atoms with E-state index < -0.39 is 0 Å². The minimum absolute atomic E-state index is 0.0281. The number of carbonyl (C=O) groups excluding carboxylic acids is 1. The topological polar surface area (TPSA) is 50.8 Å².